The summed E-state index contributed by atoms with van der Waals surface area (Å²) in [7, 11) is 0. The van der Waals surface area contributed by atoms with E-state index in [4.69, 9.17) is 4.74 Å². The van der Waals surface area contributed by atoms with Gasteiger partial charge in [-0.05, 0) is 44.9 Å². The van der Waals surface area contributed by atoms with Crippen molar-refractivity contribution in [2.24, 2.45) is 0 Å². The van der Waals surface area contributed by atoms with Crippen molar-refractivity contribution in [3.8, 4) is 0 Å². The van der Waals surface area contributed by atoms with Crippen LogP contribution >= 0.6 is 15.9 Å². The number of hydrogen-bond donors (Lipinski definition) is 2. The highest BCUT2D eigenvalue weighted by Gasteiger charge is 2.09. The van der Waals surface area contributed by atoms with Gasteiger partial charge in [-0.2, -0.15) is 0 Å². The average molecular weight is 426 g/mol. The Bertz CT molecular complexity index is 873. The van der Waals surface area contributed by atoms with E-state index in [0.717, 1.165) is 15.5 Å². The van der Waals surface area contributed by atoms with Crippen molar-refractivity contribution in [1.82, 2.24) is 14.9 Å². The Kier molecular flexibility index (Phi) is 7.59. The molecule has 0 spiro atoms. The maximum atomic E-state index is 12.5. The zero-order valence-electron chi connectivity index (χ0n) is 15.0. The largest absolute Gasteiger partial charge is 0.379 e. The molecule has 1 heterocycles. The number of rotatable bonds is 9. The molecule has 0 radical (unpaired) electrons. The summed E-state index contributed by atoms with van der Waals surface area (Å²) in [5, 5.41) is 3.25. The SMILES string of the molecule is CC(C)OCCCNC(=O)CCCn1c(=O)[nH]c2ccc(Br)cc2c1=O. The van der Waals surface area contributed by atoms with Crippen LogP contribution in [-0.4, -0.2) is 34.7 Å². The molecule has 0 aliphatic heterocycles. The van der Waals surface area contributed by atoms with Gasteiger partial charge in [-0.3, -0.25) is 14.2 Å². The molecule has 2 rings (SSSR count). The molecule has 142 valence electrons. The van der Waals surface area contributed by atoms with E-state index in [1.165, 1.54) is 0 Å². The van der Waals surface area contributed by atoms with Gasteiger partial charge in [0.1, 0.15) is 0 Å². The molecule has 2 aromatic rings. The maximum absolute atomic E-state index is 12.5. The summed E-state index contributed by atoms with van der Waals surface area (Å²) in [6.07, 6.45) is 1.61. The topological polar surface area (TPSA) is 93.2 Å². The summed E-state index contributed by atoms with van der Waals surface area (Å²) in [5.74, 6) is -0.0949. The van der Waals surface area contributed by atoms with E-state index in [-0.39, 0.29) is 30.5 Å². The highest BCUT2D eigenvalue weighted by atomic mass is 79.9. The molecule has 0 aliphatic rings. The Morgan fingerprint density at radius 2 is 2.08 bits per heavy atom. The highest BCUT2D eigenvalue weighted by molar-refractivity contribution is 9.10. The minimum Gasteiger partial charge on any atom is -0.379 e. The monoisotopic (exact) mass is 425 g/mol. The normalized spacial score (nSPS) is 11.2. The van der Waals surface area contributed by atoms with E-state index >= 15 is 0 Å². The van der Waals surface area contributed by atoms with Gasteiger partial charge in [-0.1, -0.05) is 15.9 Å². The van der Waals surface area contributed by atoms with Crippen LogP contribution in [0.5, 0.6) is 0 Å². The molecule has 1 aromatic heterocycles. The summed E-state index contributed by atoms with van der Waals surface area (Å²) < 4.78 is 7.30. The predicted octanol–water partition coefficient (Wildman–Crippen LogP) is 2.16. The van der Waals surface area contributed by atoms with Crippen LogP contribution in [-0.2, 0) is 16.1 Å². The third-order valence-electron chi connectivity index (χ3n) is 3.82. The van der Waals surface area contributed by atoms with E-state index < -0.39 is 5.69 Å². The Hall–Kier alpha value is -1.93. The second-order valence-electron chi connectivity index (χ2n) is 6.30. The standard InChI is InChI=1S/C18H24BrN3O4/c1-12(2)26-10-4-8-20-16(23)5-3-9-22-17(24)14-11-13(19)6-7-15(14)21-18(22)25/h6-7,11-12H,3-5,8-10H2,1-2H3,(H,20,23)(H,21,25). The summed E-state index contributed by atoms with van der Waals surface area (Å²) in [6, 6.07) is 5.12. The fourth-order valence-electron chi connectivity index (χ4n) is 2.53. The van der Waals surface area contributed by atoms with Gasteiger partial charge in [-0.25, -0.2) is 4.79 Å². The summed E-state index contributed by atoms with van der Waals surface area (Å²) in [4.78, 5) is 39.1. The van der Waals surface area contributed by atoms with Crippen LogP contribution in [0.15, 0.2) is 32.3 Å². The molecule has 7 nitrogen and oxygen atoms in total. The molecular formula is C18H24BrN3O4. The zero-order valence-corrected chi connectivity index (χ0v) is 16.6. The van der Waals surface area contributed by atoms with Crippen LogP contribution in [0.25, 0.3) is 10.9 Å². The second kappa shape index (κ2) is 9.68. The van der Waals surface area contributed by atoms with E-state index in [9.17, 15) is 14.4 Å². The van der Waals surface area contributed by atoms with Gasteiger partial charge in [0.15, 0.2) is 0 Å². The number of amides is 1. The second-order valence-corrected chi connectivity index (χ2v) is 7.22. The molecule has 0 unspecified atom stereocenters. The number of benzene rings is 1. The molecule has 0 saturated heterocycles. The molecule has 0 atom stereocenters. The van der Waals surface area contributed by atoms with Crippen molar-refractivity contribution in [2.45, 2.75) is 45.8 Å². The van der Waals surface area contributed by atoms with E-state index in [2.05, 4.69) is 26.2 Å². The molecule has 0 bridgehead atoms. The van der Waals surface area contributed by atoms with Crippen LogP contribution < -0.4 is 16.6 Å². The molecule has 0 aliphatic carbocycles. The first-order valence-electron chi connectivity index (χ1n) is 8.69. The summed E-state index contributed by atoms with van der Waals surface area (Å²) in [5.41, 5.74) is -0.312. The van der Waals surface area contributed by atoms with E-state index in [1.807, 2.05) is 13.8 Å². The van der Waals surface area contributed by atoms with Gasteiger partial charge in [0.2, 0.25) is 5.91 Å². The number of aromatic amines is 1. The molecule has 1 amide bonds. The predicted molar refractivity (Wildman–Crippen MR) is 104 cm³/mol. The number of fused-ring (bicyclic) bond motifs is 1. The molecular weight excluding hydrogens is 402 g/mol. The van der Waals surface area contributed by atoms with Gasteiger partial charge in [0.25, 0.3) is 5.56 Å². The highest BCUT2D eigenvalue weighted by Crippen LogP contribution is 2.14. The number of halogens is 1. The summed E-state index contributed by atoms with van der Waals surface area (Å²) in [6.45, 7) is 5.29. The van der Waals surface area contributed by atoms with Crippen molar-refractivity contribution in [3.63, 3.8) is 0 Å². The number of H-pyrrole nitrogens is 1. The van der Waals surface area contributed by atoms with Crippen molar-refractivity contribution in [3.05, 3.63) is 43.5 Å². The fourth-order valence-corrected chi connectivity index (χ4v) is 2.89. The van der Waals surface area contributed by atoms with Crippen molar-refractivity contribution in [1.29, 1.82) is 0 Å². The molecule has 0 saturated carbocycles. The lowest BCUT2D eigenvalue weighted by molar-refractivity contribution is -0.121. The molecule has 1 aromatic carbocycles. The quantitative estimate of drug-likeness (QED) is 0.601. The summed E-state index contributed by atoms with van der Waals surface area (Å²) >= 11 is 3.32. The lowest BCUT2D eigenvalue weighted by Gasteiger charge is -2.09. The lowest BCUT2D eigenvalue weighted by atomic mass is 10.2. The van der Waals surface area contributed by atoms with Crippen molar-refractivity contribution in [2.75, 3.05) is 13.2 Å². The lowest BCUT2D eigenvalue weighted by Crippen LogP contribution is -2.35. The van der Waals surface area contributed by atoms with Gasteiger partial charge in [0, 0.05) is 30.6 Å². The molecule has 8 heteroatoms. The number of ether oxygens (including phenoxy) is 1. The minimum atomic E-state index is -0.462. The third kappa shape index (κ3) is 5.81. The van der Waals surface area contributed by atoms with Crippen LogP contribution in [0, 0.1) is 0 Å². The zero-order chi connectivity index (χ0) is 19.1. The molecule has 26 heavy (non-hydrogen) atoms. The number of nitrogens with one attached hydrogen (secondary N) is 2. The number of nitrogens with zero attached hydrogens (tertiary/aromatic N) is 1. The smallest absolute Gasteiger partial charge is 0.328 e. The van der Waals surface area contributed by atoms with Crippen LogP contribution in [0.2, 0.25) is 0 Å². The minimum absolute atomic E-state index is 0.0949. The van der Waals surface area contributed by atoms with Gasteiger partial charge in [0.05, 0.1) is 17.0 Å². The third-order valence-corrected chi connectivity index (χ3v) is 4.32. The van der Waals surface area contributed by atoms with Crippen LogP contribution in [0.3, 0.4) is 0 Å². The first-order chi connectivity index (χ1) is 12.4. The van der Waals surface area contributed by atoms with Crippen LogP contribution in [0.4, 0.5) is 0 Å². The molecule has 2 N–H and O–H groups in total. The van der Waals surface area contributed by atoms with E-state index in [0.29, 0.717) is 30.5 Å². The van der Waals surface area contributed by atoms with E-state index in [1.54, 1.807) is 18.2 Å². The molecule has 0 fully saturated rings. The van der Waals surface area contributed by atoms with Gasteiger partial charge < -0.3 is 15.0 Å². The average Bonchev–Trinajstić information content (AvgIpc) is 2.58. The Morgan fingerprint density at radius 1 is 1.31 bits per heavy atom. The Labute approximate surface area is 159 Å². The Balaban J connectivity index is 1.87. The number of carbonyl (C=O) groups is 1. The van der Waals surface area contributed by atoms with Crippen LogP contribution in [0.1, 0.15) is 33.1 Å². The number of carbonyl (C=O) groups excluding carboxylic acids is 1. The first kappa shape index (κ1) is 20.4. The number of aromatic nitrogens is 2. The Morgan fingerprint density at radius 3 is 2.81 bits per heavy atom. The maximum Gasteiger partial charge on any atom is 0.328 e. The number of hydrogen-bond acceptors (Lipinski definition) is 4. The van der Waals surface area contributed by atoms with Crippen molar-refractivity contribution < 1.29 is 9.53 Å². The van der Waals surface area contributed by atoms with Gasteiger partial charge >= 0.3 is 5.69 Å². The fraction of sp³-hybridized carbons (Fsp3) is 0.500. The first-order valence-corrected chi connectivity index (χ1v) is 9.48. The van der Waals surface area contributed by atoms with Crippen molar-refractivity contribution >= 4 is 32.7 Å². The van der Waals surface area contributed by atoms with Gasteiger partial charge in [-0.15, -0.1) is 0 Å².